The maximum Gasteiger partial charge on any atom is 0.264 e. The summed E-state index contributed by atoms with van der Waals surface area (Å²) in [4.78, 5) is 27.7. The minimum absolute atomic E-state index is 0.0459. The first-order chi connectivity index (χ1) is 17.7. The summed E-state index contributed by atoms with van der Waals surface area (Å²) in [6.07, 6.45) is 0.702. The Bertz CT molecular complexity index is 1340. The molecule has 0 aliphatic heterocycles. The normalized spacial score (nSPS) is 12.0. The lowest BCUT2D eigenvalue weighted by atomic mass is 10.1. The van der Waals surface area contributed by atoms with Gasteiger partial charge in [0.1, 0.15) is 18.4 Å². The number of nitrogens with one attached hydrogen (secondary N) is 1. The summed E-state index contributed by atoms with van der Waals surface area (Å²) in [7, 11) is -4.33. The summed E-state index contributed by atoms with van der Waals surface area (Å²) in [5.41, 5.74) is 0.302. The van der Waals surface area contributed by atoms with E-state index in [-0.39, 0.29) is 17.1 Å². The quantitative estimate of drug-likeness (QED) is 0.381. The standard InChI is InChI=1S/C27H29ClFN3O4S/c1-3-17-30-27(34)20(2)31(18-21-11-7-8-14-23(21)28)26(33)19-32(25-16-10-9-15-24(25)29)37(35,36)22-12-5-4-6-13-22/h4-16,20H,3,17-19H2,1-2H3,(H,30,34). The van der Waals surface area contributed by atoms with Gasteiger partial charge < -0.3 is 10.2 Å². The van der Waals surface area contributed by atoms with Crippen LogP contribution in [0.2, 0.25) is 5.02 Å². The number of amides is 2. The molecule has 1 atom stereocenters. The molecule has 0 heterocycles. The third-order valence-electron chi connectivity index (χ3n) is 5.75. The monoisotopic (exact) mass is 545 g/mol. The Hall–Kier alpha value is -3.43. The predicted octanol–water partition coefficient (Wildman–Crippen LogP) is 4.62. The van der Waals surface area contributed by atoms with E-state index in [4.69, 9.17) is 11.6 Å². The van der Waals surface area contributed by atoms with Gasteiger partial charge in [-0.3, -0.25) is 13.9 Å². The van der Waals surface area contributed by atoms with Crippen LogP contribution in [0.5, 0.6) is 0 Å². The van der Waals surface area contributed by atoms with E-state index >= 15 is 0 Å². The lowest BCUT2D eigenvalue weighted by Crippen LogP contribution is -2.51. The molecule has 0 spiro atoms. The van der Waals surface area contributed by atoms with Crippen LogP contribution in [0.1, 0.15) is 25.8 Å². The fourth-order valence-corrected chi connectivity index (χ4v) is 5.31. The molecule has 7 nitrogen and oxygen atoms in total. The number of carbonyl (C=O) groups is 2. The van der Waals surface area contributed by atoms with Gasteiger partial charge in [0.2, 0.25) is 11.8 Å². The number of rotatable bonds is 11. The molecule has 0 fully saturated rings. The smallest absolute Gasteiger partial charge is 0.264 e. The molecule has 2 amide bonds. The molecule has 0 radical (unpaired) electrons. The highest BCUT2D eigenvalue weighted by molar-refractivity contribution is 7.92. The number of para-hydroxylation sites is 1. The van der Waals surface area contributed by atoms with Crippen LogP contribution >= 0.6 is 11.6 Å². The van der Waals surface area contributed by atoms with Gasteiger partial charge in [-0.1, -0.05) is 67.1 Å². The zero-order chi connectivity index (χ0) is 27.0. The third kappa shape index (κ3) is 6.87. The van der Waals surface area contributed by atoms with Crippen molar-refractivity contribution in [1.82, 2.24) is 10.2 Å². The number of carbonyl (C=O) groups excluding carboxylic acids is 2. The van der Waals surface area contributed by atoms with E-state index in [1.165, 1.54) is 47.4 Å². The van der Waals surface area contributed by atoms with Gasteiger partial charge in [0, 0.05) is 18.1 Å². The van der Waals surface area contributed by atoms with Gasteiger partial charge in [0.05, 0.1) is 10.6 Å². The Morgan fingerprint density at radius 3 is 2.24 bits per heavy atom. The molecule has 10 heteroatoms. The zero-order valence-electron chi connectivity index (χ0n) is 20.6. The minimum Gasteiger partial charge on any atom is -0.354 e. The molecule has 0 bridgehead atoms. The topological polar surface area (TPSA) is 86.8 Å². The van der Waals surface area contributed by atoms with Crippen molar-refractivity contribution in [2.24, 2.45) is 0 Å². The van der Waals surface area contributed by atoms with Gasteiger partial charge in [-0.05, 0) is 49.2 Å². The van der Waals surface area contributed by atoms with Crippen molar-refractivity contribution in [3.05, 3.63) is 95.3 Å². The largest absolute Gasteiger partial charge is 0.354 e. The number of halogens is 2. The van der Waals surface area contributed by atoms with E-state index in [0.717, 1.165) is 10.4 Å². The second-order valence-corrected chi connectivity index (χ2v) is 10.6. The molecule has 0 aliphatic carbocycles. The van der Waals surface area contributed by atoms with Gasteiger partial charge in [0.15, 0.2) is 0 Å². The second-order valence-electron chi connectivity index (χ2n) is 8.36. The lowest BCUT2D eigenvalue weighted by Gasteiger charge is -2.32. The highest BCUT2D eigenvalue weighted by atomic mass is 35.5. The number of hydrogen-bond acceptors (Lipinski definition) is 4. The summed E-state index contributed by atoms with van der Waals surface area (Å²) in [6.45, 7) is 3.10. The average Bonchev–Trinajstić information content (AvgIpc) is 2.90. The van der Waals surface area contributed by atoms with E-state index in [2.05, 4.69) is 5.32 Å². The van der Waals surface area contributed by atoms with Crippen molar-refractivity contribution in [1.29, 1.82) is 0 Å². The van der Waals surface area contributed by atoms with E-state index < -0.39 is 40.2 Å². The SMILES string of the molecule is CCCNC(=O)C(C)N(Cc1ccccc1Cl)C(=O)CN(c1ccccc1F)S(=O)(=O)c1ccccc1. The van der Waals surface area contributed by atoms with Crippen LogP contribution in [-0.2, 0) is 26.2 Å². The summed E-state index contributed by atoms with van der Waals surface area (Å²) < 4.78 is 42.8. The number of hydrogen-bond donors (Lipinski definition) is 1. The molecule has 0 saturated heterocycles. The summed E-state index contributed by atoms with van der Waals surface area (Å²) >= 11 is 6.32. The van der Waals surface area contributed by atoms with Crippen LogP contribution in [0.3, 0.4) is 0 Å². The maximum atomic E-state index is 14.9. The van der Waals surface area contributed by atoms with Crippen LogP contribution in [0.4, 0.5) is 10.1 Å². The first-order valence-electron chi connectivity index (χ1n) is 11.8. The number of sulfonamides is 1. The fraction of sp³-hybridized carbons (Fsp3) is 0.259. The van der Waals surface area contributed by atoms with Crippen molar-refractivity contribution in [3.63, 3.8) is 0 Å². The summed E-state index contributed by atoms with van der Waals surface area (Å²) in [5.74, 6) is -1.89. The zero-order valence-corrected chi connectivity index (χ0v) is 22.2. The molecule has 37 heavy (non-hydrogen) atoms. The molecule has 3 aromatic rings. The summed E-state index contributed by atoms with van der Waals surface area (Å²) in [5, 5.41) is 3.15. The molecule has 3 aromatic carbocycles. The Morgan fingerprint density at radius 2 is 1.59 bits per heavy atom. The van der Waals surface area contributed by atoms with Gasteiger partial charge in [-0.2, -0.15) is 0 Å². The van der Waals surface area contributed by atoms with E-state index in [0.29, 0.717) is 23.6 Å². The molecule has 0 aromatic heterocycles. The molecule has 196 valence electrons. The highest BCUT2D eigenvalue weighted by Crippen LogP contribution is 2.27. The molecular formula is C27H29ClFN3O4S. The van der Waals surface area contributed by atoms with Crippen molar-refractivity contribution in [2.75, 3.05) is 17.4 Å². The number of nitrogens with zero attached hydrogens (tertiary/aromatic N) is 2. The van der Waals surface area contributed by atoms with E-state index in [1.807, 2.05) is 6.92 Å². The van der Waals surface area contributed by atoms with Crippen LogP contribution in [0, 0.1) is 5.82 Å². The maximum absolute atomic E-state index is 14.9. The first-order valence-corrected chi connectivity index (χ1v) is 13.6. The van der Waals surface area contributed by atoms with Crippen LogP contribution < -0.4 is 9.62 Å². The molecule has 0 saturated carbocycles. The number of anilines is 1. The van der Waals surface area contributed by atoms with Crippen molar-refractivity contribution < 1.29 is 22.4 Å². The predicted molar refractivity (Wildman–Crippen MR) is 142 cm³/mol. The van der Waals surface area contributed by atoms with E-state index in [9.17, 15) is 22.4 Å². The van der Waals surface area contributed by atoms with Crippen molar-refractivity contribution >= 4 is 39.1 Å². The van der Waals surface area contributed by atoms with Crippen LogP contribution in [0.15, 0.2) is 83.8 Å². The fourth-order valence-electron chi connectivity index (χ4n) is 3.68. The first kappa shape index (κ1) is 28.1. The van der Waals surface area contributed by atoms with Crippen LogP contribution in [0.25, 0.3) is 0 Å². The average molecular weight is 546 g/mol. The van der Waals surface area contributed by atoms with E-state index in [1.54, 1.807) is 37.3 Å². The molecule has 1 unspecified atom stereocenters. The van der Waals surface area contributed by atoms with Gasteiger partial charge in [-0.15, -0.1) is 0 Å². The number of benzene rings is 3. The summed E-state index contributed by atoms with van der Waals surface area (Å²) in [6, 6.07) is 18.7. The Balaban J connectivity index is 2.03. The molecule has 0 aliphatic rings. The second kappa shape index (κ2) is 12.7. The Labute approximate surface area is 221 Å². The molecule has 1 N–H and O–H groups in total. The Morgan fingerprint density at radius 1 is 0.973 bits per heavy atom. The highest BCUT2D eigenvalue weighted by Gasteiger charge is 2.33. The third-order valence-corrected chi connectivity index (χ3v) is 7.89. The minimum atomic E-state index is -4.33. The molecular weight excluding hydrogens is 517 g/mol. The Kier molecular flexibility index (Phi) is 9.66. The van der Waals surface area contributed by atoms with Crippen LogP contribution in [-0.4, -0.2) is 44.3 Å². The molecule has 3 rings (SSSR count). The van der Waals surface area contributed by atoms with Gasteiger partial charge >= 0.3 is 0 Å². The van der Waals surface area contributed by atoms with Gasteiger partial charge in [-0.25, -0.2) is 12.8 Å². The van der Waals surface area contributed by atoms with Crippen molar-refractivity contribution in [3.8, 4) is 0 Å². The lowest BCUT2D eigenvalue weighted by molar-refractivity contribution is -0.139. The van der Waals surface area contributed by atoms with Gasteiger partial charge in [0.25, 0.3) is 10.0 Å². The van der Waals surface area contributed by atoms with Crippen molar-refractivity contribution in [2.45, 2.75) is 37.8 Å².